The van der Waals surface area contributed by atoms with E-state index in [0.717, 1.165) is 36.5 Å². The lowest BCUT2D eigenvalue weighted by Gasteiger charge is -2.12. The van der Waals surface area contributed by atoms with Gasteiger partial charge in [0.25, 0.3) is 0 Å². The van der Waals surface area contributed by atoms with E-state index in [1.165, 1.54) is 0 Å². The molecule has 6 nitrogen and oxygen atoms in total. The van der Waals surface area contributed by atoms with Crippen molar-refractivity contribution in [2.24, 2.45) is 15.8 Å². The number of rotatable bonds is 5. The fourth-order valence-electron chi connectivity index (χ4n) is 2.05. The molecule has 2 N–H and O–H groups in total. The minimum Gasteiger partial charge on any atom is -0.497 e. The van der Waals surface area contributed by atoms with Gasteiger partial charge < -0.3 is 15.4 Å². The molecule has 0 bridgehead atoms. The average Bonchev–Trinajstić information content (AvgIpc) is 2.97. The summed E-state index contributed by atoms with van der Waals surface area (Å²) in [5.74, 6) is 1.33. The molecule has 0 saturated carbocycles. The molecule has 2 rings (SSSR count). The van der Waals surface area contributed by atoms with Crippen molar-refractivity contribution in [2.75, 3.05) is 40.8 Å². The van der Waals surface area contributed by atoms with Gasteiger partial charge >= 0.3 is 0 Å². The first-order chi connectivity index (χ1) is 10.1. The molecule has 114 valence electrons. The van der Waals surface area contributed by atoms with Gasteiger partial charge in [-0.25, -0.2) is 5.01 Å². The van der Waals surface area contributed by atoms with Crippen LogP contribution in [0.4, 0.5) is 0 Å². The Labute approximate surface area is 125 Å². The second-order valence-electron chi connectivity index (χ2n) is 5.19. The van der Waals surface area contributed by atoms with Crippen LogP contribution in [0.5, 0.6) is 5.75 Å². The molecule has 6 heteroatoms. The largest absolute Gasteiger partial charge is 0.497 e. The minimum atomic E-state index is 0.486. The molecule has 1 aromatic carbocycles. The van der Waals surface area contributed by atoms with E-state index >= 15 is 0 Å². The Balaban J connectivity index is 2.00. The summed E-state index contributed by atoms with van der Waals surface area (Å²) in [7, 11) is 5.69. The quantitative estimate of drug-likeness (QED) is 0.648. The molecule has 0 spiro atoms. The van der Waals surface area contributed by atoms with Gasteiger partial charge in [-0.05, 0) is 43.9 Å². The molecule has 0 atom stereocenters. The number of guanidine groups is 1. The van der Waals surface area contributed by atoms with E-state index in [1.54, 1.807) is 12.1 Å². The highest BCUT2D eigenvalue weighted by atomic mass is 16.5. The van der Waals surface area contributed by atoms with Gasteiger partial charge in [0, 0.05) is 13.0 Å². The van der Waals surface area contributed by atoms with Gasteiger partial charge in [0.05, 0.1) is 25.9 Å². The van der Waals surface area contributed by atoms with E-state index in [0.29, 0.717) is 12.5 Å². The van der Waals surface area contributed by atoms with Crippen LogP contribution in [-0.2, 0) is 0 Å². The Hall–Kier alpha value is -2.08. The van der Waals surface area contributed by atoms with E-state index in [1.807, 2.05) is 38.4 Å². The second-order valence-corrected chi connectivity index (χ2v) is 5.19. The number of hydrogen-bond acceptors (Lipinski definition) is 4. The molecule has 1 heterocycles. The molecule has 1 aromatic rings. The number of nitrogens with zero attached hydrogens (tertiary/aromatic N) is 4. The van der Waals surface area contributed by atoms with Crippen LogP contribution < -0.4 is 10.5 Å². The number of benzene rings is 1. The fraction of sp³-hybridized carbons (Fsp3) is 0.467. The van der Waals surface area contributed by atoms with Gasteiger partial charge in [-0.2, -0.15) is 5.10 Å². The molecule has 1 aliphatic heterocycles. The monoisotopic (exact) mass is 289 g/mol. The summed E-state index contributed by atoms with van der Waals surface area (Å²) in [6.45, 7) is 2.34. The van der Waals surface area contributed by atoms with Crippen LogP contribution in [0, 0.1) is 0 Å². The van der Waals surface area contributed by atoms with Crippen molar-refractivity contribution >= 4 is 11.7 Å². The van der Waals surface area contributed by atoms with Gasteiger partial charge in [0.2, 0.25) is 5.96 Å². The third kappa shape index (κ3) is 4.19. The number of hydrazone groups is 1. The maximum absolute atomic E-state index is 5.98. The lowest BCUT2D eigenvalue weighted by atomic mass is 10.1. The van der Waals surface area contributed by atoms with E-state index < -0.39 is 0 Å². The van der Waals surface area contributed by atoms with Crippen LogP contribution in [0.15, 0.2) is 34.4 Å². The van der Waals surface area contributed by atoms with E-state index in [4.69, 9.17) is 10.5 Å². The zero-order valence-electron chi connectivity index (χ0n) is 12.9. The average molecular weight is 289 g/mol. The standard InChI is InChI=1S/C15H23N5O/c1-19(2)11-9-17-15(16)20-10-8-14(18-20)12-4-6-13(21-3)7-5-12/h4-7H,8-11H2,1-3H3,(H2,16,17). The highest BCUT2D eigenvalue weighted by Crippen LogP contribution is 2.17. The van der Waals surface area contributed by atoms with E-state index in [9.17, 15) is 0 Å². The molecule has 21 heavy (non-hydrogen) atoms. The van der Waals surface area contributed by atoms with Crippen LogP contribution in [0.3, 0.4) is 0 Å². The summed E-state index contributed by atoms with van der Waals surface area (Å²) < 4.78 is 5.16. The van der Waals surface area contributed by atoms with Crippen LogP contribution >= 0.6 is 0 Å². The van der Waals surface area contributed by atoms with E-state index in [-0.39, 0.29) is 0 Å². The maximum Gasteiger partial charge on any atom is 0.212 e. The molecule has 1 aliphatic rings. The Morgan fingerprint density at radius 3 is 2.71 bits per heavy atom. The number of likely N-dealkylation sites (N-methyl/N-ethyl adjacent to an activating group) is 1. The predicted molar refractivity (Wildman–Crippen MR) is 85.9 cm³/mol. The van der Waals surface area contributed by atoms with Gasteiger partial charge in [-0.1, -0.05) is 0 Å². The zero-order chi connectivity index (χ0) is 15.2. The normalized spacial score (nSPS) is 15.5. The molecule has 0 radical (unpaired) electrons. The van der Waals surface area contributed by atoms with Crippen LogP contribution in [0.1, 0.15) is 12.0 Å². The minimum absolute atomic E-state index is 0.486. The van der Waals surface area contributed by atoms with Gasteiger partial charge in [-0.15, -0.1) is 0 Å². The molecule has 0 amide bonds. The van der Waals surface area contributed by atoms with Crippen molar-refractivity contribution in [1.82, 2.24) is 9.91 Å². The third-order valence-electron chi connectivity index (χ3n) is 3.31. The summed E-state index contributed by atoms with van der Waals surface area (Å²) >= 11 is 0. The highest BCUT2D eigenvalue weighted by Gasteiger charge is 2.18. The maximum atomic E-state index is 5.98. The zero-order valence-corrected chi connectivity index (χ0v) is 12.9. The number of ether oxygens (including phenoxy) is 1. The van der Waals surface area contributed by atoms with E-state index in [2.05, 4.69) is 15.0 Å². The number of nitrogens with two attached hydrogens (primary N) is 1. The van der Waals surface area contributed by atoms with Crippen molar-refractivity contribution < 1.29 is 4.74 Å². The molecule has 0 fully saturated rings. The Bertz CT molecular complexity index is 521. The molecular formula is C15H23N5O. The van der Waals surface area contributed by atoms with Crippen LogP contribution in [-0.4, -0.2) is 62.4 Å². The van der Waals surface area contributed by atoms with Gasteiger partial charge in [0.1, 0.15) is 5.75 Å². The Kier molecular flexibility index (Phi) is 5.16. The molecule has 0 aromatic heterocycles. The first-order valence-corrected chi connectivity index (χ1v) is 7.04. The van der Waals surface area contributed by atoms with Crippen LogP contribution in [0.25, 0.3) is 0 Å². The number of aliphatic imine (C=N–C) groups is 1. The third-order valence-corrected chi connectivity index (χ3v) is 3.31. The Morgan fingerprint density at radius 1 is 1.38 bits per heavy atom. The van der Waals surface area contributed by atoms with Crippen molar-refractivity contribution in [3.8, 4) is 5.75 Å². The fourth-order valence-corrected chi connectivity index (χ4v) is 2.05. The summed E-state index contributed by atoms with van der Waals surface area (Å²) in [6, 6.07) is 7.91. The first kappa shape index (κ1) is 15.3. The second kappa shape index (κ2) is 7.08. The van der Waals surface area contributed by atoms with Crippen LogP contribution in [0.2, 0.25) is 0 Å². The predicted octanol–water partition coefficient (Wildman–Crippen LogP) is 0.981. The van der Waals surface area contributed by atoms with Crippen molar-refractivity contribution in [3.63, 3.8) is 0 Å². The number of methoxy groups -OCH3 is 1. The lowest BCUT2D eigenvalue weighted by molar-refractivity contribution is 0.415. The molecular weight excluding hydrogens is 266 g/mol. The smallest absolute Gasteiger partial charge is 0.212 e. The van der Waals surface area contributed by atoms with Gasteiger partial charge in [0.15, 0.2) is 0 Å². The highest BCUT2D eigenvalue weighted by molar-refractivity contribution is 6.02. The summed E-state index contributed by atoms with van der Waals surface area (Å²) in [6.07, 6.45) is 0.871. The van der Waals surface area contributed by atoms with Crippen molar-refractivity contribution in [1.29, 1.82) is 0 Å². The number of hydrogen-bond donors (Lipinski definition) is 1. The molecule has 0 aliphatic carbocycles. The first-order valence-electron chi connectivity index (χ1n) is 7.04. The summed E-state index contributed by atoms with van der Waals surface area (Å²) in [5.41, 5.74) is 8.11. The summed E-state index contributed by atoms with van der Waals surface area (Å²) in [5, 5.41) is 6.32. The Morgan fingerprint density at radius 2 is 2.10 bits per heavy atom. The molecule has 0 unspecified atom stereocenters. The topological polar surface area (TPSA) is 66.4 Å². The van der Waals surface area contributed by atoms with Crippen molar-refractivity contribution in [3.05, 3.63) is 29.8 Å². The summed E-state index contributed by atoms with van der Waals surface area (Å²) in [4.78, 5) is 6.43. The SMILES string of the molecule is COc1ccc(C2=NN(C(N)=NCCN(C)C)CC2)cc1. The lowest BCUT2D eigenvalue weighted by Crippen LogP contribution is -2.32. The van der Waals surface area contributed by atoms with Gasteiger partial charge in [-0.3, -0.25) is 4.99 Å². The van der Waals surface area contributed by atoms with Crippen molar-refractivity contribution in [2.45, 2.75) is 6.42 Å². The molecule has 0 saturated heterocycles.